The maximum atomic E-state index is 13.1. The number of carbonyl (C=O) groups excluding carboxylic acids is 2. The van der Waals surface area contributed by atoms with E-state index < -0.39 is 6.04 Å². The van der Waals surface area contributed by atoms with Gasteiger partial charge in [0.25, 0.3) is 5.91 Å². The van der Waals surface area contributed by atoms with E-state index in [1.165, 1.54) is 0 Å². The van der Waals surface area contributed by atoms with Gasteiger partial charge in [0.1, 0.15) is 11.8 Å². The zero-order chi connectivity index (χ0) is 22.3. The number of carbonyl (C=O) groups is 2. The highest BCUT2D eigenvalue weighted by molar-refractivity contribution is 5.88. The molecule has 1 atom stereocenters. The molecule has 5 nitrogen and oxygen atoms in total. The number of amides is 2. The quantitative estimate of drug-likeness (QED) is 0.696. The molecule has 0 aromatic heterocycles. The molecule has 2 aromatic carbocycles. The fraction of sp³-hybridized carbons (Fsp3) is 0.440. The fourth-order valence-corrected chi connectivity index (χ4v) is 3.15. The Morgan fingerprint density at radius 3 is 2.17 bits per heavy atom. The van der Waals surface area contributed by atoms with Crippen LogP contribution in [0.25, 0.3) is 0 Å². The molecule has 5 heteroatoms. The summed E-state index contributed by atoms with van der Waals surface area (Å²) in [5.41, 5.74) is 1.64. The number of para-hydroxylation sites is 1. The SMILES string of the molecule is CC(C)c1ccccc1OCC(=O)N(Cc1ccccc1)[C@H](C)C(=O)NC(C)(C)C. The second kappa shape index (κ2) is 10.3. The van der Waals surface area contributed by atoms with E-state index in [0.29, 0.717) is 12.3 Å². The first-order valence-electron chi connectivity index (χ1n) is 10.5. The first kappa shape index (κ1) is 23.5. The molecule has 30 heavy (non-hydrogen) atoms. The number of nitrogens with zero attached hydrogens (tertiary/aromatic N) is 1. The van der Waals surface area contributed by atoms with E-state index in [1.54, 1.807) is 11.8 Å². The molecule has 2 aromatic rings. The highest BCUT2D eigenvalue weighted by Gasteiger charge is 2.28. The Morgan fingerprint density at radius 2 is 1.57 bits per heavy atom. The molecule has 0 aliphatic carbocycles. The number of hydrogen-bond donors (Lipinski definition) is 1. The van der Waals surface area contributed by atoms with Gasteiger partial charge < -0.3 is 15.0 Å². The Labute approximate surface area is 180 Å². The van der Waals surface area contributed by atoms with Crippen molar-refractivity contribution in [3.05, 3.63) is 65.7 Å². The number of ether oxygens (including phenoxy) is 1. The van der Waals surface area contributed by atoms with E-state index in [0.717, 1.165) is 11.1 Å². The average Bonchev–Trinajstić information content (AvgIpc) is 2.69. The monoisotopic (exact) mass is 410 g/mol. The molecule has 0 aliphatic heterocycles. The highest BCUT2D eigenvalue weighted by atomic mass is 16.5. The standard InChI is InChI=1S/C25H34N2O3/c1-18(2)21-14-10-11-15-22(21)30-17-23(28)27(16-20-12-8-7-9-13-20)19(3)24(29)26-25(4,5)6/h7-15,18-19H,16-17H2,1-6H3,(H,26,29)/t19-/m1/s1. The van der Waals surface area contributed by atoms with Crippen molar-refractivity contribution in [1.82, 2.24) is 10.2 Å². The first-order chi connectivity index (χ1) is 14.1. The summed E-state index contributed by atoms with van der Waals surface area (Å²) in [6, 6.07) is 16.8. The van der Waals surface area contributed by atoms with Crippen molar-refractivity contribution < 1.29 is 14.3 Å². The van der Waals surface area contributed by atoms with Crippen LogP contribution in [0.2, 0.25) is 0 Å². The Balaban J connectivity index is 2.18. The van der Waals surface area contributed by atoms with Crippen molar-refractivity contribution in [3.8, 4) is 5.75 Å². The maximum absolute atomic E-state index is 13.1. The molecule has 0 unspecified atom stereocenters. The molecule has 0 spiro atoms. The van der Waals surface area contributed by atoms with E-state index >= 15 is 0 Å². The Kier molecular flexibility index (Phi) is 8.04. The van der Waals surface area contributed by atoms with Crippen LogP contribution in [0.5, 0.6) is 5.75 Å². The summed E-state index contributed by atoms with van der Waals surface area (Å²) in [4.78, 5) is 27.5. The number of rotatable bonds is 8. The van der Waals surface area contributed by atoms with Crippen molar-refractivity contribution in [2.45, 2.75) is 65.6 Å². The molecular weight excluding hydrogens is 376 g/mol. The fourth-order valence-electron chi connectivity index (χ4n) is 3.15. The van der Waals surface area contributed by atoms with Crippen molar-refractivity contribution in [1.29, 1.82) is 0 Å². The molecule has 162 valence electrons. The zero-order valence-electron chi connectivity index (χ0n) is 18.9. The molecular formula is C25H34N2O3. The maximum Gasteiger partial charge on any atom is 0.261 e. The molecule has 0 heterocycles. The second-order valence-corrected chi connectivity index (χ2v) is 8.90. The van der Waals surface area contributed by atoms with E-state index in [4.69, 9.17) is 4.74 Å². The second-order valence-electron chi connectivity index (χ2n) is 8.90. The lowest BCUT2D eigenvalue weighted by molar-refractivity contribution is -0.142. The first-order valence-corrected chi connectivity index (χ1v) is 10.5. The Hall–Kier alpha value is -2.82. The van der Waals surface area contributed by atoms with Crippen LogP contribution < -0.4 is 10.1 Å². The van der Waals surface area contributed by atoms with E-state index in [1.807, 2.05) is 75.4 Å². The number of benzene rings is 2. The highest BCUT2D eigenvalue weighted by Crippen LogP contribution is 2.26. The van der Waals surface area contributed by atoms with Gasteiger partial charge in [-0.25, -0.2) is 0 Å². The normalized spacial score (nSPS) is 12.4. The van der Waals surface area contributed by atoms with Gasteiger partial charge in [0, 0.05) is 12.1 Å². The smallest absolute Gasteiger partial charge is 0.261 e. The van der Waals surface area contributed by atoms with Gasteiger partial charge in [-0.2, -0.15) is 0 Å². The van der Waals surface area contributed by atoms with Crippen LogP contribution in [0.15, 0.2) is 54.6 Å². The van der Waals surface area contributed by atoms with E-state index in [9.17, 15) is 9.59 Å². The summed E-state index contributed by atoms with van der Waals surface area (Å²) in [6.07, 6.45) is 0. The van der Waals surface area contributed by atoms with Crippen LogP contribution in [0, 0.1) is 0 Å². The number of nitrogens with one attached hydrogen (secondary N) is 1. The van der Waals surface area contributed by atoms with Gasteiger partial charge in [-0.1, -0.05) is 62.4 Å². The molecule has 0 fully saturated rings. The van der Waals surface area contributed by atoms with Gasteiger partial charge in [0.05, 0.1) is 0 Å². The molecule has 0 saturated heterocycles. The summed E-state index contributed by atoms with van der Waals surface area (Å²) in [7, 11) is 0. The molecule has 0 radical (unpaired) electrons. The summed E-state index contributed by atoms with van der Waals surface area (Å²) in [6.45, 7) is 11.9. The summed E-state index contributed by atoms with van der Waals surface area (Å²) < 4.78 is 5.89. The third-order valence-electron chi connectivity index (χ3n) is 4.75. The lowest BCUT2D eigenvalue weighted by atomic mass is 10.0. The van der Waals surface area contributed by atoms with Gasteiger partial charge >= 0.3 is 0 Å². The third kappa shape index (κ3) is 6.90. The van der Waals surface area contributed by atoms with E-state index in [-0.39, 0.29) is 29.9 Å². The van der Waals surface area contributed by atoms with Crippen LogP contribution in [0.4, 0.5) is 0 Å². The molecule has 2 rings (SSSR count). The minimum Gasteiger partial charge on any atom is -0.483 e. The minimum atomic E-state index is -0.624. The van der Waals surface area contributed by atoms with Crippen molar-refractivity contribution in [3.63, 3.8) is 0 Å². The molecule has 0 saturated carbocycles. The Morgan fingerprint density at radius 1 is 0.967 bits per heavy atom. The summed E-state index contributed by atoms with van der Waals surface area (Å²) in [5, 5.41) is 2.96. The van der Waals surface area contributed by atoms with Gasteiger partial charge in [-0.05, 0) is 50.8 Å². The molecule has 0 aliphatic rings. The largest absolute Gasteiger partial charge is 0.483 e. The van der Waals surface area contributed by atoms with Crippen LogP contribution in [0.1, 0.15) is 58.6 Å². The van der Waals surface area contributed by atoms with Gasteiger partial charge in [-0.15, -0.1) is 0 Å². The third-order valence-corrected chi connectivity index (χ3v) is 4.75. The van der Waals surface area contributed by atoms with Crippen LogP contribution in [-0.4, -0.2) is 34.9 Å². The average molecular weight is 411 g/mol. The van der Waals surface area contributed by atoms with Gasteiger partial charge in [-0.3, -0.25) is 9.59 Å². The van der Waals surface area contributed by atoms with Gasteiger partial charge in [0.2, 0.25) is 5.91 Å². The lowest BCUT2D eigenvalue weighted by Gasteiger charge is -2.31. The summed E-state index contributed by atoms with van der Waals surface area (Å²) >= 11 is 0. The predicted molar refractivity (Wildman–Crippen MR) is 120 cm³/mol. The number of hydrogen-bond acceptors (Lipinski definition) is 3. The molecule has 2 amide bonds. The van der Waals surface area contributed by atoms with Crippen LogP contribution in [-0.2, 0) is 16.1 Å². The van der Waals surface area contributed by atoms with Gasteiger partial charge in [0.15, 0.2) is 6.61 Å². The van der Waals surface area contributed by atoms with Crippen LogP contribution in [0.3, 0.4) is 0 Å². The van der Waals surface area contributed by atoms with Crippen molar-refractivity contribution in [2.24, 2.45) is 0 Å². The van der Waals surface area contributed by atoms with Crippen LogP contribution >= 0.6 is 0 Å². The lowest BCUT2D eigenvalue weighted by Crippen LogP contribution is -2.53. The predicted octanol–water partition coefficient (Wildman–Crippen LogP) is 4.52. The zero-order valence-corrected chi connectivity index (χ0v) is 18.9. The minimum absolute atomic E-state index is 0.121. The van der Waals surface area contributed by atoms with Crippen molar-refractivity contribution >= 4 is 11.8 Å². The van der Waals surface area contributed by atoms with E-state index in [2.05, 4.69) is 19.2 Å². The Bertz CT molecular complexity index is 841. The van der Waals surface area contributed by atoms with Crippen molar-refractivity contribution in [2.75, 3.05) is 6.61 Å². The molecule has 0 bridgehead atoms. The molecule has 1 N–H and O–H groups in total. The summed E-state index contributed by atoms with van der Waals surface area (Å²) in [5.74, 6) is 0.573. The topological polar surface area (TPSA) is 58.6 Å².